The van der Waals surface area contributed by atoms with E-state index in [4.69, 9.17) is 22.3 Å². The van der Waals surface area contributed by atoms with Gasteiger partial charge < -0.3 is 29.9 Å². The number of rotatable bonds is 6. The molecule has 0 aliphatic carbocycles. The Bertz CT molecular complexity index is 1310. The third kappa shape index (κ3) is 3.95. The van der Waals surface area contributed by atoms with Crippen molar-refractivity contribution in [1.82, 2.24) is 20.6 Å². The van der Waals surface area contributed by atoms with Crippen LogP contribution in [0.25, 0.3) is 0 Å². The molecule has 4 aliphatic rings. The first-order valence-electron chi connectivity index (χ1n) is 12.4. The summed E-state index contributed by atoms with van der Waals surface area (Å²) >= 11 is 0. The fraction of sp³-hybridized carbons (Fsp3) is 0.357. The second-order valence-corrected chi connectivity index (χ2v) is 10.0. The Kier molecular flexibility index (Phi) is 5.79. The number of carbonyl (C=O) groups is 2. The van der Waals surface area contributed by atoms with E-state index in [0.29, 0.717) is 50.4 Å². The summed E-state index contributed by atoms with van der Waals surface area (Å²) in [5.41, 5.74) is 1.80. The molecule has 4 aliphatic heterocycles. The topological polar surface area (TPSA) is 109 Å². The van der Waals surface area contributed by atoms with E-state index >= 15 is 0 Å². The van der Waals surface area contributed by atoms with Crippen LogP contribution in [0.1, 0.15) is 11.1 Å². The minimum atomic E-state index is -0.675. The molecule has 2 N–H and O–H groups in total. The van der Waals surface area contributed by atoms with Crippen molar-refractivity contribution in [2.45, 2.75) is 23.3 Å². The highest BCUT2D eigenvalue weighted by Crippen LogP contribution is 2.41. The molecule has 10 heteroatoms. The number of anilines is 2. The van der Waals surface area contributed by atoms with Gasteiger partial charge in [0.1, 0.15) is 0 Å². The van der Waals surface area contributed by atoms with Crippen molar-refractivity contribution in [2.75, 3.05) is 49.1 Å². The maximum atomic E-state index is 12.7. The monoisotopic (exact) mass is 510 g/mol. The Balaban J connectivity index is 1.06. The first-order valence-corrected chi connectivity index (χ1v) is 12.4. The summed E-state index contributed by atoms with van der Waals surface area (Å²) in [7, 11) is 0. The van der Waals surface area contributed by atoms with E-state index in [1.165, 1.54) is 0 Å². The Morgan fingerprint density at radius 3 is 1.71 bits per heavy atom. The average Bonchev–Trinajstić information content (AvgIpc) is 3.40. The van der Waals surface area contributed by atoms with Gasteiger partial charge in [-0.1, -0.05) is 11.8 Å². The lowest BCUT2D eigenvalue weighted by molar-refractivity contribution is -0.160. The number of carbonyl (C=O) groups excluding carboxylic acids is 2. The lowest BCUT2D eigenvalue weighted by Crippen LogP contribution is -2.71. The minimum Gasteiger partial charge on any atom is -0.450 e. The number of hydrogen-bond acceptors (Lipinski definition) is 10. The third-order valence-electron chi connectivity index (χ3n) is 7.77. The molecule has 0 bridgehead atoms. The Morgan fingerprint density at radius 1 is 0.842 bits per heavy atom. The Hall–Kier alpha value is -4.38. The number of nitrogens with one attached hydrogen (secondary N) is 2. The number of ether oxygens (including phenoxy) is 2. The maximum Gasteiger partial charge on any atom is 0.331 e. The maximum absolute atomic E-state index is 12.7. The second-order valence-electron chi connectivity index (χ2n) is 10.0. The van der Waals surface area contributed by atoms with Crippen LogP contribution in [0, 0.1) is 24.7 Å². The molecule has 0 spiro atoms. The van der Waals surface area contributed by atoms with Gasteiger partial charge in [-0.15, -0.1) is 12.8 Å². The van der Waals surface area contributed by atoms with Crippen LogP contribution in [0.15, 0.2) is 49.1 Å². The molecular formula is C28H26N6O4. The fourth-order valence-electron chi connectivity index (χ4n) is 5.88. The summed E-state index contributed by atoms with van der Waals surface area (Å²) in [4.78, 5) is 38.0. The predicted octanol–water partition coefficient (Wildman–Crippen LogP) is -0.157. The first-order chi connectivity index (χ1) is 18.4. The molecule has 0 unspecified atom stereocenters. The predicted molar refractivity (Wildman–Crippen MR) is 139 cm³/mol. The second kappa shape index (κ2) is 9.18. The van der Waals surface area contributed by atoms with Gasteiger partial charge in [-0.05, 0) is 12.1 Å². The van der Waals surface area contributed by atoms with E-state index in [2.05, 4.69) is 42.2 Å². The lowest BCUT2D eigenvalue weighted by atomic mass is 9.85. The summed E-state index contributed by atoms with van der Waals surface area (Å²) in [6.07, 6.45) is 20.0. The van der Waals surface area contributed by atoms with Gasteiger partial charge in [-0.2, -0.15) is 0 Å². The van der Waals surface area contributed by atoms with Crippen LogP contribution in [0.3, 0.4) is 0 Å². The number of esters is 2. The number of hydrogen-bond donors (Lipinski definition) is 2. The average molecular weight is 511 g/mol. The van der Waals surface area contributed by atoms with Gasteiger partial charge in [0.15, 0.2) is 11.2 Å². The van der Waals surface area contributed by atoms with E-state index in [1.807, 2.05) is 12.1 Å². The summed E-state index contributed by atoms with van der Waals surface area (Å²) in [6, 6.07) is 3.69. The highest BCUT2D eigenvalue weighted by Gasteiger charge is 2.60. The zero-order valence-corrected chi connectivity index (χ0v) is 20.6. The number of aromatic nitrogens is 2. The normalized spacial score (nSPS) is 28.9. The quantitative estimate of drug-likeness (QED) is 0.309. The molecule has 38 heavy (non-hydrogen) atoms. The standard InChI is InChI=1S/C28H26N6O4/c1-3-19-7-21(11-29-9-19)33-17-27(15-31-13-23(27)33)37-25(35)5-6-26(36)38-28-16-32-14-24(28)34(18-28)22-8-20(4-2)10-30-12-22/h1-2,5-12,23-24,31-32H,13-18H2/b6-5+/t23-,24-,27-,28-/m0/s1. The van der Waals surface area contributed by atoms with Crippen molar-refractivity contribution in [3.63, 3.8) is 0 Å². The van der Waals surface area contributed by atoms with Crippen LogP contribution in [0.5, 0.6) is 0 Å². The van der Waals surface area contributed by atoms with Crippen molar-refractivity contribution in [3.05, 3.63) is 60.2 Å². The van der Waals surface area contributed by atoms with Crippen molar-refractivity contribution in [2.24, 2.45) is 0 Å². The van der Waals surface area contributed by atoms with E-state index in [1.54, 1.807) is 24.8 Å². The van der Waals surface area contributed by atoms with Gasteiger partial charge >= 0.3 is 11.9 Å². The fourth-order valence-corrected chi connectivity index (χ4v) is 5.88. The molecular weight excluding hydrogens is 484 g/mol. The summed E-state index contributed by atoms with van der Waals surface area (Å²) < 4.78 is 11.7. The number of nitrogens with zero attached hydrogens (tertiary/aromatic N) is 4. The number of terminal acetylenes is 2. The molecule has 2 aromatic heterocycles. The molecule has 0 radical (unpaired) electrons. The SMILES string of the molecule is C#Cc1cncc(N2C[C@@]3(OC(=O)/C=C/C(=O)O[C@]45CNC[C@@H]4N(c4cncc(C#C)c4)C5)CNC[C@H]23)c1. The molecule has 4 atom stereocenters. The molecule has 6 heterocycles. The van der Waals surface area contributed by atoms with Crippen molar-refractivity contribution >= 4 is 23.3 Å². The third-order valence-corrected chi connectivity index (χ3v) is 7.77. The van der Waals surface area contributed by atoms with Crippen LogP contribution in [-0.4, -0.2) is 84.5 Å². The molecule has 192 valence electrons. The highest BCUT2D eigenvalue weighted by molar-refractivity contribution is 5.92. The Labute approximate surface area is 220 Å². The molecule has 4 fully saturated rings. The molecule has 0 amide bonds. The lowest BCUT2D eigenvalue weighted by Gasteiger charge is -2.53. The smallest absolute Gasteiger partial charge is 0.331 e. The summed E-state index contributed by atoms with van der Waals surface area (Å²) in [5, 5.41) is 6.58. The van der Waals surface area contributed by atoms with E-state index in [9.17, 15) is 9.59 Å². The minimum absolute atomic E-state index is 0.0470. The summed E-state index contributed by atoms with van der Waals surface area (Å²) in [6.45, 7) is 3.39. The van der Waals surface area contributed by atoms with E-state index < -0.39 is 23.1 Å². The van der Waals surface area contributed by atoms with Gasteiger partial charge in [-0.25, -0.2) is 9.59 Å². The largest absolute Gasteiger partial charge is 0.450 e. The Morgan fingerprint density at radius 2 is 1.29 bits per heavy atom. The van der Waals surface area contributed by atoms with Gasteiger partial charge in [0.05, 0.1) is 48.9 Å². The van der Waals surface area contributed by atoms with Crippen molar-refractivity contribution in [3.8, 4) is 24.7 Å². The molecule has 0 saturated carbocycles. The molecule has 4 saturated heterocycles. The number of pyridine rings is 2. The van der Waals surface area contributed by atoms with Gasteiger partial charge in [0.2, 0.25) is 0 Å². The zero-order valence-electron chi connectivity index (χ0n) is 20.6. The van der Waals surface area contributed by atoms with Crippen molar-refractivity contribution < 1.29 is 19.1 Å². The van der Waals surface area contributed by atoms with Crippen LogP contribution >= 0.6 is 0 Å². The van der Waals surface area contributed by atoms with E-state index in [0.717, 1.165) is 23.5 Å². The van der Waals surface area contributed by atoms with Gasteiger partial charge in [0, 0.05) is 61.9 Å². The molecule has 10 nitrogen and oxygen atoms in total. The molecule has 0 aromatic carbocycles. The highest BCUT2D eigenvalue weighted by atomic mass is 16.6. The van der Waals surface area contributed by atoms with Crippen LogP contribution in [-0.2, 0) is 19.1 Å². The van der Waals surface area contributed by atoms with Crippen molar-refractivity contribution in [1.29, 1.82) is 0 Å². The van der Waals surface area contributed by atoms with Gasteiger partial charge in [0.25, 0.3) is 0 Å². The summed E-state index contributed by atoms with van der Waals surface area (Å²) in [5.74, 6) is 4.01. The molecule has 6 rings (SSSR count). The molecule has 2 aromatic rings. The number of fused-ring (bicyclic) bond motifs is 2. The first kappa shape index (κ1) is 24.0. The van der Waals surface area contributed by atoms with Crippen LogP contribution < -0.4 is 20.4 Å². The van der Waals surface area contributed by atoms with Crippen LogP contribution in [0.2, 0.25) is 0 Å². The zero-order chi connectivity index (χ0) is 26.3. The van der Waals surface area contributed by atoms with Gasteiger partial charge in [-0.3, -0.25) is 9.97 Å². The van der Waals surface area contributed by atoms with E-state index in [-0.39, 0.29) is 12.1 Å². The van der Waals surface area contributed by atoms with Crippen LogP contribution in [0.4, 0.5) is 11.4 Å².